The maximum atomic E-state index is 12.2. The van der Waals surface area contributed by atoms with Gasteiger partial charge in [0.05, 0.1) is 10.6 Å². The molecule has 3 aromatic rings. The molecule has 9 nitrogen and oxygen atoms in total. The fraction of sp³-hybridized carbons (Fsp3) is 0.125. The number of carbonyl (C=O) groups excluding carboxylic acids is 3. The molecule has 2 heterocycles. The van der Waals surface area contributed by atoms with Crippen molar-refractivity contribution in [3.63, 3.8) is 0 Å². The Balaban J connectivity index is 1.51. The Morgan fingerprint density at radius 1 is 1.03 bits per heavy atom. The molecule has 0 atom stereocenters. The zero-order valence-corrected chi connectivity index (χ0v) is 19.1. The molecule has 1 saturated heterocycles. The van der Waals surface area contributed by atoms with Gasteiger partial charge in [0.15, 0.2) is 0 Å². The van der Waals surface area contributed by atoms with Crippen LogP contribution in [0.4, 0.5) is 22.2 Å². The second-order valence-corrected chi connectivity index (χ2v) is 8.28. The van der Waals surface area contributed by atoms with E-state index in [9.17, 15) is 14.4 Å². The molecule has 34 heavy (non-hydrogen) atoms. The average Bonchev–Trinajstić information content (AvgIpc) is 3.18. The van der Waals surface area contributed by atoms with Crippen molar-refractivity contribution in [2.75, 3.05) is 30.4 Å². The molecule has 3 N–H and O–H groups in total. The minimum Gasteiger partial charge on any atom is -0.352 e. The van der Waals surface area contributed by atoms with Gasteiger partial charge in [0, 0.05) is 37.5 Å². The van der Waals surface area contributed by atoms with Gasteiger partial charge >= 0.3 is 0 Å². The molecule has 172 valence electrons. The van der Waals surface area contributed by atoms with E-state index >= 15 is 0 Å². The molecule has 1 fully saturated rings. The number of benzene rings is 2. The third-order valence-electron chi connectivity index (χ3n) is 4.87. The Morgan fingerprint density at radius 3 is 2.41 bits per heavy atom. The summed E-state index contributed by atoms with van der Waals surface area (Å²) in [4.78, 5) is 46.9. The number of amides is 3. The highest BCUT2D eigenvalue weighted by Gasteiger charge is 2.25. The van der Waals surface area contributed by atoms with E-state index in [1.807, 2.05) is 60.5 Å². The number of hydrogen-bond acceptors (Lipinski definition) is 8. The zero-order chi connectivity index (χ0) is 23.9. The van der Waals surface area contributed by atoms with E-state index in [1.165, 1.54) is 0 Å². The zero-order valence-electron chi connectivity index (χ0n) is 18.3. The van der Waals surface area contributed by atoms with Gasteiger partial charge in [-0.1, -0.05) is 36.4 Å². The van der Waals surface area contributed by atoms with Crippen LogP contribution in [-0.2, 0) is 4.79 Å². The predicted octanol–water partition coefficient (Wildman–Crippen LogP) is 3.41. The maximum absolute atomic E-state index is 12.2. The molecular weight excluding hydrogens is 452 g/mol. The lowest BCUT2D eigenvalue weighted by Gasteiger charge is -2.19. The van der Waals surface area contributed by atoms with E-state index < -0.39 is 11.1 Å². The lowest BCUT2D eigenvalue weighted by atomic mass is 10.2. The molecule has 10 heteroatoms. The van der Waals surface area contributed by atoms with Gasteiger partial charge in [-0.05, 0) is 42.1 Å². The SMILES string of the molecule is CN(c1ccccc1)c1cc(/C=C2\SC(=O)NC2=O)nc(NCCNC(=O)c2ccccc2)n1. The van der Waals surface area contributed by atoms with Gasteiger partial charge in [-0.15, -0.1) is 0 Å². The number of thioether (sulfide) groups is 1. The molecule has 1 aromatic heterocycles. The predicted molar refractivity (Wildman–Crippen MR) is 133 cm³/mol. The Hall–Kier alpha value is -4.18. The van der Waals surface area contributed by atoms with Crippen LogP contribution in [0.5, 0.6) is 0 Å². The van der Waals surface area contributed by atoms with Gasteiger partial charge in [0.2, 0.25) is 5.95 Å². The highest BCUT2D eigenvalue weighted by atomic mass is 32.2. The van der Waals surface area contributed by atoms with E-state index in [1.54, 1.807) is 24.3 Å². The summed E-state index contributed by atoms with van der Waals surface area (Å²) in [7, 11) is 1.87. The number of para-hydroxylation sites is 1. The first-order chi connectivity index (χ1) is 16.5. The van der Waals surface area contributed by atoms with Gasteiger partial charge in [0.25, 0.3) is 17.1 Å². The molecule has 0 radical (unpaired) electrons. The van der Waals surface area contributed by atoms with Crippen molar-refractivity contribution in [3.8, 4) is 0 Å². The van der Waals surface area contributed by atoms with Crippen molar-refractivity contribution in [1.29, 1.82) is 0 Å². The van der Waals surface area contributed by atoms with Crippen LogP contribution in [0.3, 0.4) is 0 Å². The summed E-state index contributed by atoms with van der Waals surface area (Å²) in [6.45, 7) is 0.750. The van der Waals surface area contributed by atoms with Gasteiger partial charge in [-0.2, -0.15) is 4.98 Å². The summed E-state index contributed by atoms with van der Waals surface area (Å²) in [5.41, 5.74) is 1.97. The van der Waals surface area contributed by atoms with Crippen LogP contribution in [0.25, 0.3) is 6.08 Å². The molecule has 1 aliphatic rings. The van der Waals surface area contributed by atoms with E-state index in [2.05, 4.69) is 25.9 Å². The number of nitrogens with one attached hydrogen (secondary N) is 3. The van der Waals surface area contributed by atoms with Gasteiger partial charge in [-0.25, -0.2) is 4.98 Å². The van der Waals surface area contributed by atoms with E-state index in [4.69, 9.17) is 0 Å². The summed E-state index contributed by atoms with van der Waals surface area (Å²) < 4.78 is 0. The molecule has 0 saturated carbocycles. The van der Waals surface area contributed by atoms with Crippen LogP contribution in [0, 0.1) is 0 Å². The van der Waals surface area contributed by atoms with E-state index in [-0.39, 0.29) is 10.8 Å². The summed E-state index contributed by atoms with van der Waals surface area (Å²) in [6.07, 6.45) is 1.55. The highest BCUT2D eigenvalue weighted by Crippen LogP contribution is 2.28. The first kappa shape index (κ1) is 23.0. The quantitative estimate of drug-likeness (QED) is 0.336. The van der Waals surface area contributed by atoms with E-state index in [0.717, 1.165) is 17.4 Å². The number of hydrogen-bond donors (Lipinski definition) is 3. The van der Waals surface area contributed by atoms with Crippen molar-refractivity contribution in [2.45, 2.75) is 0 Å². The third kappa shape index (κ3) is 5.78. The Bertz CT molecular complexity index is 1230. The maximum Gasteiger partial charge on any atom is 0.290 e. The van der Waals surface area contributed by atoms with Crippen molar-refractivity contribution in [3.05, 3.63) is 82.9 Å². The number of carbonyl (C=O) groups is 3. The molecular formula is C24H22N6O3S. The summed E-state index contributed by atoms with van der Waals surface area (Å²) >= 11 is 0.827. The summed E-state index contributed by atoms with van der Waals surface area (Å²) in [5.74, 6) is 0.305. The first-order valence-corrected chi connectivity index (χ1v) is 11.3. The monoisotopic (exact) mass is 474 g/mol. The fourth-order valence-electron chi connectivity index (χ4n) is 3.16. The van der Waals surface area contributed by atoms with Crippen LogP contribution in [0.1, 0.15) is 16.1 Å². The van der Waals surface area contributed by atoms with E-state index in [0.29, 0.717) is 36.1 Å². The minimum absolute atomic E-state index is 0.166. The van der Waals surface area contributed by atoms with Crippen molar-refractivity contribution in [1.82, 2.24) is 20.6 Å². The number of anilines is 3. The van der Waals surface area contributed by atoms with Crippen LogP contribution in [-0.4, -0.2) is 47.2 Å². The summed E-state index contributed by atoms with van der Waals surface area (Å²) in [5, 5.41) is 7.78. The number of imide groups is 1. The second-order valence-electron chi connectivity index (χ2n) is 7.27. The molecule has 0 spiro atoms. The molecule has 0 aliphatic carbocycles. The molecule has 1 aliphatic heterocycles. The van der Waals surface area contributed by atoms with Gasteiger partial charge in [-0.3, -0.25) is 19.7 Å². The minimum atomic E-state index is -0.454. The van der Waals surface area contributed by atoms with Gasteiger partial charge in [0.1, 0.15) is 5.82 Å². The van der Waals surface area contributed by atoms with Crippen molar-refractivity contribution in [2.24, 2.45) is 0 Å². The molecule has 0 bridgehead atoms. The van der Waals surface area contributed by atoms with Crippen molar-refractivity contribution >= 4 is 52.3 Å². The van der Waals surface area contributed by atoms with Crippen LogP contribution in [0.15, 0.2) is 71.6 Å². The molecule has 0 unspecified atom stereocenters. The number of nitrogens with zero attached hydrogens (tertiary/aromatic N) is 3. The molecule has 4 rings (SSSR count). The highest BCUT2D eigenvalue weighted by molar-refractivity contribution is 8.18. The number of rotatable bonds is 8. The smallest absolute Gasteiger partial charge is 0.290 e. The van der Waals surface area contributed by atoms with Crippen molar-refractivity contribution < 1.29 is 14.4 Å². The lowest BCUT2D eigenvalue weighted by Crippen LogP contribution is -2.29. The lowest BCUT2D eigenvalue weighted by molar-refractivity contribution is -0.115. The fourth-order valence-corrected chi connectivity index (χ4v) is 3.83. The van der Waals surface area contributed by atoms with Crippen LogP contribution < -0.4 is 20.9 Å². The first-order valence-electron chi connectivity index (χ1n) is 10.5. The molecule has 2 aromatic carbocycles. The normalized spacial score (nSPS) is 14.1. The largest absolute Gasteiger partial charge is 0.352 e. The summed E-state index contributed by atoms with van der Waals surface area (Å²) in [6, 6.07) is 20.4. The van der Waals surface area contributed by atoms with Gasteiger partial charge < -0.3 is 15.5 Å². The average molecular weight is 475 g/mol. The van der Waals surface area contributed by atoms with Crippen LogP contribution >= 0.6 is 11.8 Å². The standard InChI is InChI=1S/C24H22N6O3S/c1-30(18-10-6-3-7-11-18)20-15-17(14-19-22(32)29-24(33)34-19)27-23(28-20)26-13-12-25-21(31)16-8-4-2-5-9-16/h2-11,14-15H,12-13H2,1H3,(H,25,31)(H,26,27,28)(H,29,32,33)/b19-14-. The third-order valence-corrected chi connectivity index (χ3v) is 5.68. The second kappa shape index (κ2) is 10.6. The van der Waals surface area contributed by atoms with Crippen LogP contribution in [0.2, 0.25) is 0 Å². The number of aromatic nitrogens is 2. The molecule has 3 amide bonds. The Morgan fingerprint density at radius 2 is 1.74 bits per heavy atom. The topological polar surface area (TPSA) is 116 Å². The Kier molecular flexibility index (Phi) is 7.19. The Labute approximate surface area is 200 Å².